The summed E-state index contributed by atoms with van der Waals surface area (Å²) in [6.45, 7) is -2.16. The zero-order valence-electron chi connectivity index (χ0n) is 26.0. The van der Waals surface area contributed by atoms with Gasteiger partial charge in [0.25, 0.3) is 0 Å². The van der Waals surface area contributed by atoms with Crippen LogP contribution in [0.4, 0.5) is 11.6 Å². The van der Waals surface area contributed by atoms with Gasteiger partial charge in [0.2, 0.25) is 0 Å². The maximum atomic E-state index is 12.5. The fourth-order valence-electron chi connectivity index (χ4n) is 5.16. The number of nitrogens with zero attached hydrogens (tertiary/aromatic N) is 8. The number of hydrogen-bond acceptors (Lipinski definition) is 22. The van der Waals surface area contributed by atoms with Gasteiger partial charge < -0.3 is 60.9 Å². The Bertz CT molecular complexity index is 2040. The van der Waals surface area contributed by atoms with E-state index in [0.717, 1.165) is 30.2 Å². The molecule has 33 heteroatoms. The summed E-state index contributed by atoms with van der Waals surface area (Å²) in [6, 6.07) is 0. The minimum absolute atomic E-state index is 0.00830. The Labute approximate surface area is 293 Å². The normalized spacial score (nSPS) is 30.9. The number of rotatable bonds is 14. The molecule has 0 bridgehead atoms. The maximum Gasteiger partial charge on any atom is 0.480 e. The third-order valence-corrected chi connectivity index (χ3v) is 13.9. The minimum atomic E-state index is -5.94. The SMILES string of the molecule is Nc1ncnc2c1ncn2[C@@H]1O[C@H](COP(=O)(O)OP(=O)(O)NP(=O)(O)OP(=O)(O)OC[C@H]2O[C@@H](n3cnc4c(N)ncnc43)[C@@H](O)C2O)C(O)C1O. The van der Waals surface area contributed by atoms with Crippen molar-refractivity contribution < 1.29 is 85.4 Å². The predicted molar refractivity (Wildman–Crippen MR) is 168 cm³/mol. The molecule has 0 amide bonds. The molecule has 0 saturated carbocycles. The Kier molecular flexibility index (Phi) is 10.9. The molecule has 13 N–H and O–H groups in total. The summed E-state index contributed by atoms with van der Waals surface area (Å²) in [4.78, 5) is 64.3. The van der Waals surface area contributed by atoms with Crippen LogP contribution in [0.25, 0.3) is 22.3 Å². The van der Waals surface area contributed by atoms with Crippen molar-refractivity contribution in [2.75, 3.05) is 24.7 Å². The van der Waals surface area contributed by atoms with Gasteiger partial charge in [0.15, 0.2) is 35.4 Å². The molecule has 6 rings (SSSR count). The Morgan fingerprint density at radius 3 is 1.40 bits per heavy atom. The minimum Gasteiger partial charge on any atom is -0.387 e. The number of fused-ring (bicyclic) bond motifs is 2. The second-order valence-electron chi connectivity index (χ2n) is 11.1. The maximum absolute atomic E-state index is 12.5. The summed E-state index contributed by atoms with van der Waals surface area (Å²) < 4.78 is 80.3. The van der Waals surface area contributed by atoms with Crippen LogP contribution in [0.15, 0.2) is 25.3 Å². The van der Waals surface area contributed by atoms with Crippen LogP contribution in [0.2, 0.25) is 0 Å². The largest absolute Gasteiger partial charge is 0.480 e. The highest BCUT2D eigenvalue weighted by Crippen LogP contribution is 2.66. The van der Waals surface area contributed by atoms with E-state index in [9.17, 15) is 58.3 Å². The quantitative estimate of drug-likeness (QED) is 0.0568. The number of nitrogens with two attached hydrogens (primary N) is 2. The van der Waals surface area contributed by atoms with E-state index in [2.05, 4.69) is 47.6 Å². The third kappa shape index (κ3) is 8.48. The zero-order valence-corrected chi connectivity index (χ0v) is 29.6. The first-order chi connectivity index (χ1) is 24.7. The molecule has 2 aliphatic rings. The second kappa shape index (κ2) is 14.6. The Morgan fingerprint density at radius 2 is 1.02 bits per heavy atom. The van der Waals surface area contributed by atoms with Crippen LogP contribution in [0.1, 0.15) is 12.5 Å². The third-order valence-electron chi connectivity index (χ3n) is 7.48. The van der Waals surface area contributed by atoms with Crippen molar-refractivity contribution in [2.24, 2.45) is 0 Å². The van der Waals surface area contributed by atoms with Crippen molar-refractivity contribution in [3.63, 3.8) is 0 Å². The predicted octanol–water partition coefficient (Wildman–Crippen LogP) is -2.87. The van der Waals surface area contributed by atoms with Gasteiger partial charge in [-0.05, 0) is 0 Å². The molecule has 29 nitrogen and oxygen atoms in total. The van der Waals surface area contributed by atoms with Crippen LogP contribution < -0.4 is 16.3 Å². The van der Waals surface area contributed by atoms with Gasteiger partial charge in [-0.3, -0.25) is 18.2 Å². The molecule has 7 unspecified atom stereocenters. The molecular weight excluding hydrogens is 806 g/mol. The first-order valence-electron chi connectivity index (χ1n) is 14.4. The number of anilines is 2. The van der Waals surface area contributed by atoms with Gasteiger partial charge in [0, 0.05) is 0 Å². The number of nitrogen functional groups attached to an aromatic ring is 2. The van der Waals surface area contributed by atoms with Gasteiger partial charge in [0.1, 0.15) is 60.3 Å². The highest BCUT2D eigenvalue weighted by Gasteiger charge is 2.49. The second-order valence-corrected chi connectivity index (χ2v) is 17.7. The van der Waals surface area contributed by atoms with E-state index in [4.69, 9.17) is 20.9 Å². The standard InChI is InChI=1S/C20H29N11O18P4/c21-15-9-17(25-3-23-15)30(5-27-9)19-13(34)11(32)7(46-19)1-44-52(40,41)48-50(36,37)29-51(38,39)49-53(42,43)45-2-8-12(33)14(35)20(47-8)31-6-28-10-16(22)24-4-26-18(10)31/h3-8,11-14,19-20,32-35H,1-2H2,(H,40,41)(H,42,43)(H2,21,23,25)(H2,22,24,26)(H3,29,36,37,38,39)/t7-,8-,11?,12?,13+,14?,19-,20-/m1/s1. The molecule has 6 heterocycles. The van der Waals surface area contributed by atoms with E-state index < -0.39 is 93.4 Å². The van der Waals surface area contributed by atoms with Crippen molar-refractivity contribution in [2.45, 2.75) is 49.1 Å². The van der Waals surface area contributed by atoms with E-state index in [-0.39, 0.29) is 34.0 Å². The molecule has 0 aliphatic carbocycles. The van der Waals surface area contributed by atoms with Gasteiger partial charge in [-0.25, -0.2) is 48.2 Å². The summed E-state index contributed by atoms with van der Waals surface area (Å²) in [5.74, 6) is -0.0166. The van der Waals surface area contributed by atoms with Crippen molar-refractivity contribution in [1.29, 1.82) is 0 Å². The number of aliphatic hydroxyl groups is 4. The number of phosphoric ester groups is 2. The molecule has 0 spiro atoms. The summed E-state index contributed by atoms with van der Waals surface area (Å²) in [5, 5.41) is 41.8. The molecule has 2 aliphatic heterocycles. The molecule has 292 valence electrons. The molecule has 2 fully saturated rings. The molecule has 2 saturated heterocycles. The van der Waals surface area contributed by atoms with Crippen molar-refractivity contribution in [1.82, 2.24) is 43.9 Å². The Hall–Kier alpha value is -2.98. The summed E-state index contributed by atoms with van der Waals surface area (Å²) >= 11 is 0. The van der Waals surface area contributed by atoms with Crippen LogP contribution >= 0.6 is 31.1 Å². The molecule has 12 atom stereocenters. The number of imidazole rings is 2. The van der Waals surface area contributed by atoms with Gasteiger partial charge in [-0.15, -0.1) is 4.86 Å². The highest BCUT2D eigenvalue weighted by molar-refractivity contribution is 7.73. The summed E-state index contributed by atoms with van der Waals surface area (Å²) in [7, 11) is -23.3. The number of aliphatic hydroxyl groups excluding tert-OH is 4. The molecule has 0 aromatic carbocycles. The smallest absolute Gasteiger partial charge is 0.387 e. The summed E-state index contributed by atoms with van der Waals surface area (Å²) in [6.07, 6.45) is -8.43. The summed E-state index contributed by atoms with van der Waals surface area (Å²) in [5.41, 5.74) is 11.9. The fraction of sp³-hybridized carbons (Fsp3) is 0.500. The monoisotopic (exact) mass is 835 g/mol. The van der Waals surface area contributed by atoms with E-state index in [1.165, 1.54) is 9.13 Å². The molecule has 4 aromatic heterocycles. The highest BCUT2D eigenvalue weighted by atomic mass is 31.3. The molecule has 0 radical (unpaired) electrons. The Morgan fingerprint density at radius 1 is 0.642 bits per heavy atom. The van der Waals surface area contributed by atoms with E-state index >= 15 is 0 Å². The number of hydrogen-bond donors (Lipinski definition) is 11. The lowest BCUT2D eigenvalue weighted by atomic mass is 10.1. The molecule has 53 heavy (non-hydrogen) atoms. The van der Waals surface area contributed by atoms with Crippen LogP contribution in [0.3, 0.4) is 0 Å². The lowest BCUT2D eigenvalue weighted by Crippen LogP contribution is -2.33. The van der Waals surface area contributed by atoms with Crippen LogP contribution in [0.5, 0.6) is 0 Å². The van der Waals surface area contributed by atoms with Gasteiger partial charge in [-0.2, -0.15) is 8.62 Å². The topological polar surface area (TPSA) is 437 Å². The zero-order chi connectivity index (χ0) is 38.7. The lowest BCUT2D eigenvalue weighted by Gasteiger charge is -2.22. The fourth-order valence-corrected chi connectivity index (χ4v) is 10.7. The van der Waals surface area contributed by atoms with E-state index in [1.54, 1.807) is 0 Å². The van der Waals surface area contributed by atoms with Gasteiger partial charge in [0.05, 0.1) is 25.9 Å². The number of nitrogens with one attached hydrogen (secondary N) is 1. The number of phosphoric acid groups is 2. The number of ether oxygens (including phenoxy) is 2. The Balaban J connectivity index is 1.01. The molecular formula is C20H29N11O18P4. The van der Waals surface area contributed by atoms with Crippen molar-refractivity contribution >= 4 is 65.1 Å². The van der Waals surface area contributed by atoms with Crippen molar-refractivity contribution in [3.05, 3.63) is 25.3 Å². The average molecular weight is 835 g/mol. The number of aromatic nitrogens is 8. The van der Waals surface area contributed by atoms with E-state index in [1.807, 2.05) is 0 Å². The van der Waals surface area contributed by atoms with Crippen molar-refractivity contribution in [3.8, 4) is 0 Å². The first-order valence-corrected chi connectivity index (χ1v) is 20.5. The van der Waals surface area contributed by atoms with Gasteiger partial charge in [-0.1, -0.05) is 0 Å². The van der Waals surface area contributed by atoms with E-state index in [0.29, 0.717) is 0 Å². The lowest BCUT2D eigenvalue weighted by molar-refractivity contribution is -0.0502. The average Bonchev–Trinajstić information content (AvgIpc) is 3.80. The van der Waals surface area contributed by atoms with Crippen LogP contribution in [-0.2, 0) is 45.4 Å². The first kappa shape index (κ1) is 39.7. The van der Waals surface area contributed by atoms with Gasteiger partial charge >= 0.3 is 31.1 Å². The van der Waals surface area contributed by atoms with Crippen LogP contribution in [0, 0.1) is 0 Å². The molecule has 4 aromatic rings. The van der Waals surface area contributed by atoms with Crippen LogP contribution in [-0.4, -0.2) is 129 Å².